The molecule has 0 amide bonds. The number of aryl methyl sites for hydroxylation is 1. The number of hydrazine groups is 1. The maximum absolute atomic E-state index is 4.91. The molecule has 32 heavy (non-hydrogen) atoms. The van der Waals surface area contributed by atoms with E-state index in [-0.39, 0.29) is 18.8 Å². The number of hydrogen-bond acceptors (Lipinski definition) is 4. The van der Waals surface area contributed by atoms with Gasteiger partial charge in [-0.2, -0.15) is 0 Å². The SMILES string of the molecule is Cc1nnc2n1C(I(I)I(I)I)(I(I)I(I)[I-]I)C(I(I)I)(I(I)[I-]I)NN2C(C)(C)C. The second kappa shape index (κ2) is 18.0. The number of hydrogen-bond donors (Lipinski definition) is 1. The van der Waals surface area contributed by atoms with Crippen LogP contribution >= 0.6 is 249 Å². The third-order valence-corrected chi connectivity index (χ3v) is 432. The Balaban J connectivity index is 3.16. The average molecular weight is 2480 g/mol. The fourth-order valence-corrected chi connectivity index (χ4v) is 517. The quantitative estimate of drug-likeness (QED) is 0.162. The van der Waals surface area contributed by atoms with Crippen LogP contribution in [0.4, 0.5) is 5.95 Å². The number of nitrogens with one attached hydrogen (secondary N) is 1. The molecule has 0 saturated carbocycles. The van der Waals surface area contributed by atoms with Gasteiger partial charge >= 0.3 is 349 Å². The topological polar surface area (TPSA) is 46.0 Å². The molecule has 2 atom stereocenters. The van der Waals surface area contributed by atoms with Gasteiger partial charge in [0, 0.05) is 0 Å². The molecule has 23 heteroatoms. The molecule has 1 aromatic heterocycles. The third kappa shape index (κ3) is 8.54. The first kappa shape index (κ1) is 40.2. The molecule has 0 aliphatic carbocycles. The third-order valence-electron chi connectivity index (χ3n) is 3.64. The van der Waals surface area contributed by atoms with Gasteiger partial charge in [0.05, 0.1) is 0 Å². The van der Waals surface area contributed by atoms with Crippen molar-refractivity contribution in [2.45, 2.75) is 36.3 Å². The summed E-state index contributed by atoms with van der Waals surface area (Å²) in [5.41, 5.74) is 4.46. The van der Waals surface area contributed by atoms with Gasteiger partial charge in [0.2, 0.25) is 0 Å². The van der Waals surface area contributed by atoms with E-state index in [0.29, 0.717) is 16.4 Å². The summed E-state index contributed by atoms with van der Waals surface area (Å²) in [5, 5.41) is 12.2. The van der Waals surface area contributed by atoms with Crippen LogP contribution in [-0.4, -0.2) is 21.9 Å². The van der Waals surface area contributed by atoms with Crippen molar-refractivity contribution < 1.29 is 26.5 Å². The number of anilines is 1. The summed E-state index contributed by atoms with van der Waals surface area (Å²) in [6, 6.07) is 0. The Kier molecular flexibility index (Phi) is 22.6. The van der Waals surface area contributed by atoms with Gasteiger partial charge in [-0.25, -0.2) is 0 Å². The van der Waals surface area contributed by atoms with E-state index in [1.54, 1.807) is 0 Å². The summed E-state index contributed by atoms with van der Waals surface area (Å²) >= 11 is 25.2. The molecule has 2 heterocycles. The van der Waals surface area contributed by atoms with Crippen molar-refractivity contribution in [3.63, 3.8) is 0 Å². The first-order valence-corrected chi connectivity index (χ1v) is 99.6. The van der Waals surface area contributed by atoms with Crippen LogP contribution in [0.2, 0.25) is 0 Å². The summed E-state index contributed by atoms with van der Waals surface area (Å²) in [7, 11) is -1.98. The van der Waals surface area contributed by atoms with Gasteiger partial charge in [-0.05, 0) is 0 Å². The first-order chi connectivity index (χ1) is 14.7. The van der Waals surface area contributed by atoms with Crippen molar-refractivity contribution >= 4 is 255 Å². The number of rotatable bonds is 8. The Labute approximate surface area is 335 Å². The Morgan fingerprint density at radius 1 is 0.906 bits per heavy atom. The number of fused-ring (bicyclic) bond motifs is 1. The van der Waals surface area contributed by atoms with Crippen molar-refractivity contribution in [3.8, 4) is 0 Å². The van der Waals surface area contributed by atoms with E-state index in [4.69, 9.17) is 10.2 Å². The predicted octanol–water partition coefficient (Wildman–Crippen LogP) is 8.35. The van der Waals surface area contributed by atoms with Crippen molar-refractivity contribution in [3.05, 3.63) is 5.82 Å². The van der Waals surface area contributed by atoms with Crippen molar-refractivity contribution in [1.29, 1.82) is 0 Å². The number of nitrogens with zero attached hydrogens (tertiary/aromatic N) is 4. The van der Waals surface area contributed by atoms with Crippen LogP contribution in [0.1, 0.15) is 26.6 Å². The second-order valence-electron chi connectivity index (χ2n) is 6.34. The van der Waals surface area contributed by atoms with Crippen molar-refractivity contribution in [2.75, 3.05) is 5.01 Å². The van der Waals surface area contributed by atoms with Crippen LogP contribution in [0.25, 0.3) is 0 Å². The van der Waals surface area contributed by atoms with E-state index in [1.807, 2.05) is 0 Å². The zero-order valence-corrected chi connectivity index (χ0v) is 54.4. The van der Waals surface area contributed by atoms with Crippen LogP contribution in [0.5, 0.6) is 0 Å². The monoisotopic (exact) mass is 2480 g/mol. The van der Waals surface area contributed by atoms with Gasteiger partial charge in [0.1, 0.15) is 0 Å². The number of alkyl halides is 4. The van der Waals surface area contributed by atoms with Crippen LogP contribution in [-0.2, 0) is 1.55 Å². The zero-order valence-electron chi connectivity index (χ0n) is 15.6. The first-order valence-electron chi connectivity index (χ1n) is 7.24. The molecule has 2 rings (SSSR count). The molecule has 202 valence electrons. The van der Waals surface area contributed by atoms with Gasteiger partial charge in [-0.3, -0.25) is 0 Å². The van der Waals surface area contributed by atoms with Crippen LogP contribution in [0.15, 0.2) is 0 Å². The molecule has 0 saturated heterocycles. The fourth-order valence-electron chi connectivity index (χ4n) is 2.51. The zero-order chi connectivity index (χ0) is 24.8. The Morgan fingerprint density at radius 3 is 1.88 bits per heavy atom. The molecule has 0 bridgehead atoms. The molecule has 1 aliphatic rings. The van der Waals surface area contributed by atoms with Crippen LogP contribution in [0.3, 0.4) is 0 Å². The van der Waals surface area contributed by atoms with Gasteiger partial charge in [0.25, 0.3) is 0 Å². The molecule has 2 unspecified atom stereocenters. The molecule has 1 aliphatic heterocycles. The van der Waals surface area contributed by atoms with Crippen molar-refractivity contribution in [2.24, 2.45) is 0 Å². The predicted molar refractivity (Wildman–Crippen MR) is 275 cm³/mol. The van der Waals surface area contributed by atoms with E-state index in [0.717, 1.165) is 5.95 Å². The molecule has 1 N–H and O–H groups in total. The van der Waals surface area contributed by atoms with Gasteiger partial charge in [-0.15, -0.1) is 0 Å². The Hall–Kier alpha value is 12.0. The Bertz CT molecular complexity index is 785. The molecule has 0 aromatic carbocycles. The molecule has 0 radical (unpaired) electrons. The van der Waals surface area contributed by atoms with Crippen LogP contribution in [0, 0.1) is 6.92 Å². The summed E-state index contributed by atoms with van der Waals surface area (Å²) in [5.74, 6) is 2.34. The summed E-state index contributed by atoms with van der Waals surface area (Å²) in [6.45, 7) is 9.31. The van der Waals surface area contributed by atoms with Gasteiger partial charge < -0.3 is 0 Å². The van der Waals surface area contributed by atoms with Gasteiger partial charge in [0.15, 0.2) is 0 Å². The standard InChI is InChI=1S/C9H13I18N5/c1-5-28-29-6-31(5)9(24(15)26(17)18,25(16)27(19)21-11)8(22(12)13,23(14)20-10)30-32(6)7(2,3)4/h30H,1-4H3/q-2. The minimum atomic E-state index is -1.36. The molecule has 0 spiro atoms. The molecule has 5 nitrogen and oxygen atoms in total. The number of aromatic nitrogens is 3. The van der Waals surface area contributed by atoms with E-state index in [9.17, 15) is 0 Å². The van der Waals surface area contributed by atoms with E-state index < -0.39 is 63.3 Å². The fraction of sp³-hybridized carbons (Fsp3) is 0.778. The summed E-state index contributed by atoms with van der Waals surface area (Å²) in [6.07, 6.45) is 0. The van der Waals surface area contributed by atoms with Crippen LogP contribution < -0.4 is 36.9 Å². The number of halogens is 18. The van der Waals surface area contributed by atoms with E-state index in [1.165, 1.54) is 5.82 Å². The normalized spacial score (nSPS) is 26.6. The average Bonchev–Trinajstić information content (AvgIpc) is 3.10. The Morgan fingerprint density at radius 2 is 1.47 bits per heavy atom. The maximum atomic E-state index is 4.91. The van der Waals surface area contributed by atoms with Gasteiger partial charge in [-0.1, -0.05) is 0 Å². The molecule has 0 fully saturated rings. The molecular formula is C9H13I18N5-2. The summed E-state index contributed by atoms with van der Waals surface area (Å²) in [4.78, 5) is 0. The second-order valence-corrected chi connectivity index (χ2v) is 237. The summed E-state index contributed by atoms with van der Waals surface area (Å²) < 4.78 is 3.64. The molecule has 1 aromatic rings. The van der Waals surface area contributed by atoms with Crippen molar-refractivity contribution in [1.82, 2.24) is 20.2 Å². The molecular weight excluding hydrogens is 2460 g/mol. The van der Waals surface area contributed by atoms with E-state index >= 15 is 0 Å². The van der Waals surface area contributed by atoms with E-state index in [2.05, 4.69) is 229 Å². The minimum absolute atomic E-state index is 0.0221.